The van der Waals surface area contributed by atoms with Gasteiger partial charge in [-0.15, -0.1) is 0 Å². The molecule has 1 atom stereocenters. The Morgan fingerprint density at radius 3 is 2.71 bits per heavy atom. The second-order valence-electron chi connectivity index (χ2n) is 5.08. The molecule has 0 aromatic heterocycles. The molecule has 2 rings (SSSR count). The van der Waals surface area contributed by atoms with E-state index in [-0.39, 0.29) is 23.1 Å². The lowest BCUT2D eigenvalue weighted by Gasteiger charge is -2.24. The Morgan fingerprint density at radius 2 is 2.05 bits per heavy atom. The molecule has 2 N–H and O–H groups in total. The fourth-order valence-corrected chi connectivity index (χ4v) is 4.64. The van der Waals surface area contributed by atoms with Gasteiger partial charge < -0.3 is 10.2 Å². The summed E-state index contributed by atoms with van der Waals surface area (Å²) in [6.45, 7) is 0.419. The number of carboxylic acids is 1. The highest BCUT2D eigenvalue weighted by Gasteiger charge is 2.36. The van der Waals surface area contributed by atoms with E-state index in [9.17, 15) is 13.2 Å². The maximum Gasteiger partial charge on any atom is 0.337 e. The molecule has 0 saturated carbocycles. The van der Waals surface area contributed by atoms with Crippen LogP contribution in [0.4, 0.5) is 0 Å². The highest BCUT2D eigenvalue weighted by molar-refractivity contribution is 7.89. The van der Waals surface area contributed by atoms with Crippen molar-refractivity contribution in [3.8, 4) is 0 Å². The van der Waals surface area contributed by atoms with Gasteiger partial charge in [0.2, 0.25) is 10.0 Å². The summed E-state index contributed by atoms with van der Waals surface area (Å²) in [7, 11) is -3.82. The van der Waals surface area contributed by atoms with Crippen LogP contribution in [0.1, 0.15) is 36.0 Å². The standard InChI is InChI=1S/C14H19NO5S/c16-10-4-6-11-5-3-9-15(11)21(19,20)13-8-2-1-7-12(13)14(17)18/h1-2,7-8,11,16H,3-6,9-10H2,(H,17,18). The summed E-state index contributed by atoms with van der Waals surface area (Å²) in [6.07, 6.45) is 2.63. The summed E-state index contributed by atoms with van der Waals surface area (Å²) < 4.78 is 26.8. The number of hydrogen-bond donors (Lipinski definition) is 2. The molecule has 7 heteroatoms. The molecular formula is C14H19NO5S. The van der Waals surface area contributed by atoms with Crippen LogP contribution in [0.5, 0.6) is 0 Å². The van der Waals surface area contributed by atoms with Crippen LogP contribution in [0.25, 0.3) is 0 Å². The van der Waals surface area contributed by atoms with Crippen LogP contribution >= 0.6 is 0 Å². The summed E-state index contributed by atoms with van der Waals surface area (Å²) in [5.41, 5.74) is -0.203. The number of aliphatic hydroxyl groups is 1. The molecule has 0 aliphatic carbocycles. The highest BCUT2D eigenvalue weighted by atomic mass is 32.2. The zero-order chi connectivity index (χ0) is 15.5. The van der Waals surface area contributed by atoms with Crippen LogP contribution in [0.3, 0.4) is 0 Å². The van der Waals surface area contributed by atoms with E-state index in [1.807, 2.05) is 0 Å². The molecule has 0 radical (unpaired) electrons. The zero-order valence-electron chi connectivity index (χ0n) is 11.6. The van der Waals surface area contributed by atoms with Gasteiger partial charge in [-0.3, -0.25) is 0 Å². The molecule has 1 aliphatic heterocycles. The largest absolute Gasteiger partial charge is 0.478 e. The van der Waals surface area contributed by atoms with Crippen molar-refractivity contribution in [3.05, 3.63) is 29.8 Å². The smallest absolute Gasteiger partial charge is 0.337 e. The van der Waals surface area contributed by atoms with Crippen molar-refractivity contribution in [2.45, 2.75) is 36.6 Å². The number of aliphatic hydroxyl groups excluding tert-OH is 1. The molecule has 1 aromatic carbocycles. The third-order valence-electron chi connectivity index (χ3n) is 3.72. The van der Waals surface area contributed by atoms with Gasteiger partial charge in [0.25, 0.3) is 0 Å². The molecule has 116 valence electrons. The van der Waals surface area contributed by atoms with Gasteiger partial charge in [-0.25, -0.2) is 13.2 Å². The molecule has 1 unspecified atom stereocenters. The lowest BCUT2D eigenvalue weighted by atomic mass is 10.1. The Kier molecular flexibility index (Phi) is 4.97. The van der Waals surface area contributed by atoms with Gasteiger partial charge in [0.15, 0.2) is 0 Å². The van der Waals surface area contributed by atoms with Gasteiger partial charge in [0.05, 0.1) is 10.5 Å². The Hall–Kier alpha value is -1.44. The van der Waals surface area contributed by atoms with E-state index in [1.54, 1.807) is 0 Å². The molecule has 0 spiro atoms. The fourth-order valence-electron chi connectivity index (χ4n) is 2.74. The van der Waals surface area contributed by atoms with E-state index in [0.717, 1.165) is 12.8 Å². The molecule has 1 aliphatic rings. The number of hydrogen-bond acceptors (Lipinski definition) is 4. The number of nitrogens with zero attached hydrogens (tertiary/aromatic N) is 1. The lowest BCUT2D eigenvalue weighted by molar-refractivity contribution is 0.0692. The maximum absolute atomic E-state index is 12.7. The van der Waals surface area contributed by atoms with Crippen LogP contribution in [-0.4, -0.2) is 48.1 Å². The molecule has 0 bridgehead atoms. The second-order valence-corrected chi connectivity index (χ2v) is 6.94. The van der Waals surface area contributed by atoms with E-state index in [2.05, 4.69) is 0 Å². The van der Waals surface area contributed by atoms with Crippen LogP contribution in [0.2, 0.25) is 0 Å². The number of sulfonamides is 1. The second kappa shape index (κ2) is 6.55. The van der Waals surface area contributed by atoms with Crippen molar-refractivity contribution in [3.63, 3.8) is 0 Å². The number of rotatable bonds is 6. The average molecular weight is 313 g/mol. The van der Waals surface area contributed by atoms with Crippen LogP contribution in [0, 0.1) is 0 Å². The Morgan fingerprint density at radius 1 is 1.33 bits per heavy atom. The van der Waals surface area contributed by atoms with E-state index < -0.39 is 16.0 Å². The van der Waals surface area contributed by atoms with Gasteiger partial charge in [-0.05, 0) is 37.8 Å². The predicted octanol–water partition coefficient (Wildman–Crippen LogP) is 1.31. The molecule has 21 heavy (non-hydrogen) atoms. The quantitative estimate of drug-likeness (QED) is 0.825. The Bertz CT molecular complexity index is 614. The Labute approximate surface area is 124 Å². The molecule has 1 saturated heterocycles. The predicted molar refractivity (Wildman–Crippen MR) is 76.6 cm³/mol. The summed E-state index contributed by atoms with van der Waals surface area (Å²) >= 11 is 0. The van der Waals surface area contributed by atoms with Gasteiger partial charge in [-0.1, -0.05) is 12.1 Å². The number of aromatic carboxylic acids is 1. The minimum absolute atomic E-state index is 0.0239. The van der Waals surface area contributed by atoms with Crippen LogP contribution in [0.15, 0.2) is 29.2 Å². The van der Waals surface area contributed by atoms with Crippen molar-refractivity contribution in [1.82, 2.24) is 4.31 Å². The normalized spacial score (nSPS) is 19.8. The zero-order valence-corrected chi connectivity index (χ0v) is 12.4. The third kappa shape index (κ3) is 3.25. The third-order valence-corrected chi connectivity index (χ3v) is 5.73. The van der Waals surface area contributed by atoms with Gasteiger partial charge in [0, 0.05) is 19.2 Å². The van der Waals surface area contributed by atoms with Crippen molar-refractivity contribution in [1.29, 1.82) is 0 Å². The van der Waals surface area contributed by atoms with Gasteiger partial charge in [0.1, 0.15) is 0 Å². The summed E-state index contributed by atoms with van der Waals surface area (Å²) in [6, 6.07) is 5.51. The minimum Gasteiger partial charge on any atom is -0.478 e. The summed E-state index contributed by atoms with van der Waals surface area (Å²) in [4.78, 5) is 11.1. The maximum atomic E-state index is 12.7. The lowest BCUT2D eigenvalue weighted by Crippen LogP contribution is -2.36. The monoisotopic (exact) mass is 313 g/mol. The molecule has 1 heterocycles. The topological polar surface area (TPSA) is 94.9 Å². The molecular weight excluding hydrogens is 294 g/mol. The number of carboxylic acid groups (broad SMARTS) is 1. The number of carbonyl (C=O) groups is 1. The molecule has 1 aromatic rings. The molecule has 1 fully saturated rings. The minimum atomic E-state index is -3.82. The summed E-state index contributed by atoms with van der Waals surface area (Å²) in [5, 5.41) is 18.1. The van der Waals surface area contributed by atoms with Crippen molar-refractivity contribution < 1.29 is 23.4 Å². The van der Waals surface area contributed by atoms with E-state index in [4.69, 9.17) is 10.2 Å². The SMILES string of the molecule is O=C(O)c1ccccc1S(=O)(=O)N1CCCC1CCCO. The Balaban J connectivity index is 2.36. The van der Waals surface area contributed by atoms with E-state index >= 15 is 0 Å². The van der Waals surface area contributed by atoms with Crippen molar-refractivity contribution >= 4 is 16.0 Å². The molecule has 6 nitrogen and oxygen atoms in total. The average Bonchev–Trinajstić information content (AvgIpc) is 2.94. The van der Waals surface area contributed by atoms with Gasteiger partial charge >= 0.3 is 5.97 Å². The van der Waals surface area contributed by atoms with Crippen LogP contribution < -0.4 is 0 Å². The highest BCUT2D eigenvalue weighted by Crippen LogP contribution is 2.30. The first-order valence-corrected chi connectivity index (χ1v) is 8.37. The molecule has 0 amide bonds. The fraction of sp³-hybridized carbons (Fsp3) is 0.500. The van der Waals surface area contributed by atoms with Crippen molar-refractivity contribution in [2.75, 3.05) is 13.2 Å². The van der Waals surface area contributed by atoms with E-state index in [1.165, 1.54) is 28.6 Å². The van der Waals surface area contributed by atoms with Crippen molar-refractivity contribution in [2.24, 2.45) is 0 Å². The first-order chi connectivity index (χ1) is 9.98. The van der Waals surface area contributed by atoms with Crippen LogP contribution in [-0.2, 0) is 10.0 Å². The van der Waals surface area contributed by atoms with Gasteiger partial charge in [-0.2, -0.15) is 4.31 Å². The first-order valence-electron chi connectivity index (χ1n) is 6.93. The number of benzene rings is 1. The van der Waals surface area contributed by atoms with E-state index in [0.29, 0.717) is 19.4 Å². The first kappa shape index (κ1) is 15.9. The summed E-state index contributed by atoms with van der Waals surface area (Å²) in [5.74, 6) is -1.25.